The van der Waals surface area contributed by atoms with E-state index in [1.165, 1.54) is 0 Å². The van der Waals surface area contributed by atoms with E-state index in [4.69, 9.17) is 4.74 Å². The van der Waals surface area contributed by atoms with Crippen LogP contribution in [0.2, 0.25) is 0 Å². The first-order chi connectivity index (χ1) is 8.53. The standard InChI is InChI=1S/C12H16F3NO2/c1-17-8-6-10-4-2-3-5-11(10)16-7-9-18-12(13,14)15/h2-5,16H,6-9H2,1H3. The van der Waals surface area contributed by atoms with Crippen LogP contribution in [0.3, 0.4) is 0 Å². The van der Waals surface area contributed by atoms with Gasteiger partial charge in [0.25, 0.3) is 0 Å². The number of methoxy groups -OCH3 is 1. The number of anilines is 1. The molecule has 0 aromatic heterocycles. The first-order valence-corrected chi connectivity index (χ1v) is 5.54. The highest BCUT2D eigenvalue weighted by molar-refractivity contribution is 5.51. The molecule has 0 radical (unpaired) electrons. The van der Waals surface area contributed by atoms with Crippen molar-refractivity contribution in [2.24, 2.45) is 0 Å². The molecular formula is C12H16F3NO2. The van der Waals surface area contributed by atoms with Crippen LogP contribution in [-0.4, -0.2) is 33.2 Å². The predicted molar refractivity (Wildman–Crippen MR) is 62.5 cm³/mol. The highest BCUT2D eigenvalue weighted by Gasteiger charge is 2.28. The van der Waals surface area contributed by atoms with Gasteiger partial charge in [0, 0.05) is 19.3 Å². The minimum Gasteiger partial charge on any atom is -0.384 e. The molecule has 0 aliphatic rings. The molecule has 0 saturated heterocycles. The van der Waals surface area contributed by atoms with E-state index in [9.17, 15) is 13.2 Å². The summed E-state index contributed by atoms with van der Waals surface area (Å²) in [6.45, 7) is 0.253. The monoisotopic (exact) mass is 263 g/mol. The molecule has 1 N–H and O–H groups in total. The number of para-hydroxylation sites is 1. The number of benzene rings is 1. The van der Waals surface area contributed by atoms with Crippen molar-refractivity contribution in [3.8, 4) is 0 Å². The SMILES string of the molecule is COCCc1ccccc1NCCOC(F)(F)F. The molecule has 0 amide bonds. The van der Waals surface area contributed by atoms with Gasteiger partial charge in [-0.1, -0.05) is 18.2 Å². The lowest BCUT2D eigenvalue weighted by Crippen LogP contribution is -2.19. The Morgan fingerprint density at radius 3 is 2.56 bits per heavy atom. The lowest BCUT2D eigenvalue weighted by atomic mass is 10.1. The molecule has 1 aromatic carbocycles. The minimum atomic E-state index is -4.57. The Hall–Kier alpha value is -1.27. The zero-order chi connectivity index (χ0) is 13.4. The van der Waals surface area contributed by atoms with Gasteiger partial charge in [0.15, 0.2) is 0 Å². The van der Waals surface area contributed by atoms with E-state index in [-0.39, 0.29) is 6.54 Å². The number of ether oxygens (including phenoxy) is 2. The number of rotatable bonds is 7. The number of halogens is 3. The lowest BCUT2D eigenvalue weighted by Gasteiger charge is -2.12. The summed E-state index contributed by atoms with van der Waals surface area (Å²) in [5.41, 5.74) is 1.81. The molecule has 0 bridgehead atoms. The maximum atomic E-state index is 11.8. The fourth-order valence-corrected chi connectivity index (χ4v) is 1.48. The molecule has 0 fully saturated rings. The molecule has 0 aliphatic heterocycles. The Bertz CT molecular complexity index is 355. The van der Waals surface area contributed by atoms with Gasteiger partial charge in [-0.3, -0.25) is 4.74 Å². The second kappa shape index (κ2) is 7.23. The summed E-state index contributed by atoms with van der Waals surface area (Å²) in [7, 11) is 1.60. The highest BCUT2D eigenvalue weighted by Crippen LogP contribution is 2.17. The molecule has 1 rings (SSSR count). The maximum Gasteiger partial charge on any atom is 0.522 e. The molecule has 102 valence electrons. The molecule has 18 heavy (non-hydrogen) atoms. The van der Waals surface area contributed by atoms with Gasteiger partial charge in [-0.15, -0.1) is 13.2 Å². The van der Waals surface area contributed by atoms with E-state index >= 15 is 0 Å². The Labute approximate surface area is 104 Å². The third-order valence-corrected chi connectivity index (χ3v) is 2.28. The summed E-state index contributed by atoms with van der Waals surface area (Å²) in [6, 6.07) is 7.43. The second-order valence-electron chi connectivity index (χ2n) is 3.62. The Kier molecular flexibility index (Phi) is 5.94. The summed E-state index contributed by atoms with van der Waals surface area (Å²) < 4.78 is 43.9. The van der Waals surface area contributed by atoms with Gasteiger partial charge in [0.05, 0.1) is 13.2 Å². The van der Waals surface area contributed by atoms with E-state index in [0.29, 0.717) is 13.0 Å². The quantitative estimate of drug-likeness (QED) is 0.767. The van der Waals surface area contributed by atoms with Crippen molar-refractivity contribution in [1.82, 2.24) is 0 Å². The van der Waals surface area contributed by atoms with Crippen LogP contribution in [0.5, 0.6) is 0 Å². The zero-order valence-electron chi connectivity index (χ0n) is 10.1. The van der Waals surface area contributed by atoms with Crippen LogP contribution in [0, 0.1) is 0 Å². The van der Waals surface area contributed by atoms with E-state index in [1.807, 2.05) is 24.3 Å². The van der Waals surface area contributed by atoms with Gasteiger partial charge < -0.3 is 10.1 Å². The van der Waals surface area contributed by atoms with Crippen molar-refractivity contribution in [2.75, 3.05) is 32.2 Å². The normalized spacial score (nSPS) is 11.6. The van der Waals surface area contributed by atoms with Crippen LogP contribution in [0.1, 0.15) is 5.56 Å². The molecule has 0 atom stereocenters. The summed E-state index contributed by atoms with van der Waals surface area (Å²) in [5.74, 6) is 0. The zero-order valence-corrected chi connectivity index (χ0v) is 10.1. The van der Waals surface area contributed by atoms with E-state index in [2.05, 4.69) is 10.1 Å². The van der Waals surface area contributed by atoms with Crippen LogP contribution < -0.4 is 5.32 Å². The van der Waals surface area contributed by atoms with Gasteiger partial charge in [-0.05, 0) is 18.1 Å². The van der Waals surface area contributed by atoms with Gasteiger partial charge in [0.1, 0.15) is 0 Å². The number of alkyl halides is 3. The third kappa shape index (κ3) is 5.88. The van der Waals surface area contributed by atoms with E-state index < -0.39 is 13.0 Å². The average Bonchev–Trinajstić information content (AvgIpc) is 2.32. The van der Waals surface area contributed by atoms with Gasteiger partial charge in [-0.25, -0.2) is 0 Å². The van der Waals surface area contributed by atoms with Gasteiger partial charge >= 0.3 is 6.36 Å². The Morgan fingerprint density at radius 1 is 1.17 bits per heavy atom. The van der Waals surface area contributed by atoms with Crippen molar-refractivity contribution in [3.63, 3.8) is 0 Å². The molecule has 1 aromatic rings. The molecule has 0 saturated carbocycles. The summed E-state index contributed by atoms with van der Waals surface area (Å²) >= 11 is 0. The number of hydrogen-bond donors (Lipinski definition) is 1. The molecule has 6 heteroatoms. The first kappa shape index (κ1) is 14.8. The predicted octanol–water partition coefficient (Wildman–Crippen LogP) is 2.82. The molecule has 0 spiro atoms. The third-order valence-electron chi connectivity index (χ3n) is 2.28. The average molecular weight is 263 g/mol. The van der Waals surface area contributed by atoms with Crippen LogP contribution in [-0.2, 0) is 15.9 Å². The van der Waals surface area contributed by atoms with Crippen LogP contribution in [0.25, 0.3) is 0 Å². The highest BCUT2D eigenvalue weighted by atomic mass is 19.4. The number of nitrogens with one attached hydrogen (secondary N) is 1. The van der Waals surface area contributed by atoms with E-state index in [1.54, 1.807) is 7.11 Å². The Balaban J connectivity index is 2.41. The number of hydrogen-bond acceptors (Lipinski definition) is 3. The molecule has 0 aliphatic carbocycles. The largest absolute Gasteiger partial charge is 0.522 e. The van der Waals surface area contributed by atoms with Crippen molar-refractivity contribution in [2.45, 2.75) is 12.8 Å². The van der Waals surface area contributed by atoms with Crippen LogP contribution in [0.4, 0.5) is 18.9 Å². The van der Waals surface area contributed by atoms with E-state index in [0.717, 1.165) is 11.3 Å². The second-order valence-corrected chi connectivity index (χ2v) is 3.62. The van der Waals surface area contributed by atoms with Crippen molar-refractivity contribution < 1.29 is 22.6 Å². The van der Waals surface area contributed by atoms with Crippen LogP contribution in [0.15, 0.2) is 24.3 Å². The fraction of sp³-hybridized carbons (Fsp3) is 0.500. The minimum absolute atomic E-state index is 0.101. The fourth-order valence-electron chi connectivity index (χ4n) is 1.48. The lowest BCUT2D eigenvalue weighted by molar-refractivity contribution is -0.322. The molecular weight excluding hydrogens is 247 g/mol. The van der Waals surface area contributed by atoms with Gasteiger partial charge in [-0.2, -0.15) is 0 Å². The van der Waals surface area contributed by atoms with Gasteiger partial charge in [0.2, 0.25) is 0 Å². The smallest absolute Gasteiger partial charge is 0.384 e. The maximum absolute atomic E-state index is 11.8. The van der Waals surface area contributed by atoms with Crippen molar-refractivity contribution in [1.29, 1.82) is 0 Å². The Morgan fingerprint density at radius 2 is 1.89 bits per heavy atom. The summed E-state index contributed by atoms with van der Waals surface area (Å²) in [5, 5.41) is 2.91. The molecule has 0 heterocycles. The summed E-state index contributed by atoms with van der Waals surface area (Å²) in [6.07, 6.45) is -3.86. The molecule has 3 nitrogen and oxygen atoms in total. The van der Waals surface area contributed by atoms with Crippen molar-refractivity contribution in [3.05, 3.63) is 29.8 Å². The van der Waals surface area contributed by atoms with Crippen LogP contribution >= 0.6 is 0 Å². The first-order valence-electron chi connectivity index (χ1n) is 5.54. The van der Waals surface area contributed by atoms with Crippen molar-refractivity contribution >= 4 is 5.69 Å². The molecule has 0 unspecified atom stereocenters. The summed E-state index contributed by atoms with van der Waals surface area (Å²) in [4.78, 5) is 0. The topological polar surface area (TPSA) is 30.5 Å².